The molecule has 1 N–H and O–H groups in total. The van der Waals surface area contributed by atoms with Crippen LogP contribution in [0, 0.1) is 5.92 Å². The molecule has 12 heavy (non-hydrogen) atoms. The number of amides is 1. The lowest BCUT2D eigenvalue weighted by Crippen LogP contribution is -2.34. The van der Waals surface area contributed by atoms with E-state index in [1.807, 2.05) is 0 Å². The van der Waals surface area contributed by atoms with Crippen LogP contribution in [0.3, 0.4) is 0 Å². The summed E-state index contributed by atoms with van der Waals surface area (Å²) in [4.78, 5) is 21.1. The summed E-state index contributed by atoms with van der Waals surface area (Å²) in [5, 5.41) is 2.54. The van der Waals surface area contributed by atoms with Crippen LogP contribution in [0.25, 0.3) is 0 Å². The predicted molar refractivity (Wildman–Crippen MR) is 45.6 cm³/mol. The van der Waals surface area contributed by atoms with Crippen molar-refractivity contribution in [2.24, 2.45) is 5.92 Å². The summed E-state index contributed by atoms with van der Waals surface area (Å²) in [6.45, 7) is 1.52. The van der Waals surface area contributed by atoms with Gasteiger partial charge in [0, 0.05) is 0 Å². The van der Waals surface area contributed by atoms with Crippen molar-refractivity contribution in [3.63, 3.8) is 0 Å². The number of hydrogen-bond donors (Lipinski definition) is 1. The highest BCUT2D eigenvalue weighted by atomic mass is 16.1. The van der Waals surface area contributed by atoms with E-state index in [-0.39, 0.29) is 11.8 Å². The predicted octanol–water partition coefficient (Wildman–Crippen LogP) is 0.880. The number of carbonyl (C=O) groups is 2. The Kier molecular flexibility index (Phi) is 3.26. The van der Waals surface area contributed by atoms with E-state index in [1.165, 1.54) is 19.8 Å². The van der Waals surface area contributed by atoms with E-state index < -0.39 is 0 Å². The summed E-state index contributed by atoms with van der Waals surface area (Å²) >= 11 is 0. The Morgan fingerprint density at radius 1 is 1.67 bits per heavy atom. The quantitative estimate of drug-likeness (QED) is 0.600. The zero-order valence-corrected chi connectivity index (χ0v) is 7.38. The summed E-state index contributed by atoms with van der Waals surface area (Å²) in [7, 11) is 0. The van der Waals surface area contributed by atoms with Crippen molar-refractivity contribution in [1.82, 2.24) is 5.32 Å². The highest BCUT2D eigenvalue weighted by molar-refractivity contribution is 5.83. The molecule has 0 saturated heterocycles. The van der Waals surface area contributed by atoms with E-state index in [9.17, 15) is 9.59 Å². The SMILES string of the molecule is CC(=O)C(CCC1CC1)NC=O. The second-order valence-corrected chi connectivity index (χ2v) is 3.47. The summed E-state index contributed by atoms with van der Waals surface area (Å²) in [5.74, 6) is 0.878. The molecule has 1 atom stereocenters. The largest absolute Gasteiger partial charge is 0.349 e. The Bertz CT molecular complexity index is 175. The highest BCUT2D eigenvalue weighted by Gasteiger charge is 2.23. The minimum Gasteiger partial charge on any atom is -0.349 e. The van der Waals surface area contributed by atoms with Gasteiger partial charge in [0.2, 0.25) is 6.41 Å². The van der Waals surface area contributed by atoms with Gasteiger partial charge in [0.15, 0.2) is 5.78 Å². The Balaban J connectivity index is 2.20. The zero-order chi connectivity index (χ0) is 8.97. The molecule has 1 amide bonds. The van der Waals surface area contributed by atoms with Gasteiger partial charge in [-0.1, -0.05) is 12.8 Å². The van der Waals surface area contributed by atoms with E-state index in [2.05, 4.69) is 5.32 Å². The fraction of sp³-hybridized carbons (Fsp3) is 0.778. The molecule has 1 unspecified atom stereocenters. The van der Waals surface area contributed by atoms with Gasteiger partial charge in [-0.2, -0.15) is 0 Å². The van der Waals surface area contributed by atoms with E-state index in [0.29, 0.717) is 6.41 Å². The molecule has 0 aromatic rings. The summed E-state index contributed by atoms with van der Waals surface area (Å²) in [6, 6.07) is -0.247. The molecule has 1 saturated carbocycles. The van der Waals surface area contributed by atoms with E-state index in [4.69, 9.17) is 0 Å². The first kappa shape index (κ1) is 9.23. The molecule has 1 aliphatic rings. The van der Waals surface area contributed by atoms with E-state index in [0.717, 1.165) is 18.8 Å². The molecule has 1 fully saturated rings. The smallest absolute Gasteiger partial charge is 0.207 e. The van der Waals surface area contributed by atoms with Crippen molar-refractivity contribution in [1.29, 1.82) is 0 Å². The third-order valence-corrected chi connectivity index (χ3v) is 2.32. The molecule has 0 aromatic heterocycles. The van der Waals surface area contributed by atoms with Gasteiger partial charge in [-0.15, -0.1) is 0 Å². The van der Waals surface area contributed by atoms with Crippen LogP contribution in [0.15, 0.2) is 0 Å². The van der Waals surface area contributed by atoms with Crippen LogP contribution in [0.5, 0.6) is 0 Å². The molecule has 68 valence electrons. The lowest BCUT2D eigenvalue weighted by atomic mass is 10.1. The van der Waals surface area contributed by atoms with Crippen LogP contribution >= 0.6 is 0 Å². The highest BCUT2D eigenvalue weighted by Crippen LogP contribution is 2.33. The fourth-order valence-corrected chi connectivity index (χ4v) is 1.29. The minimum atomic E-state index is -0.247. The minimum absolute atomic E-state index is 0.0581. The number of nitrogens with one attached hydrogen (secondary N) is 1. The normalized spacial score (nSPS) is 18.4. The average molecular weight is 169 g/mol. The van der Waals surface area contributed by atoms with Gasteiger partial charge >= 0.3 is 0 Å². The van der Waals surface area contributed by atoms with Crippen LogP contribution in [0.1, 0.15) is 32.6 Å². The van der Waals surface area contributed by atoms with E-state index >= 15 is 0 Å². The van der Waals surface area contributed by atoms with Crippen molar-refractivity contribution in [2.75, 3.05) is 0 Å². The lowest BCUT2D eigenvalue weighted by Gasteiger charge is -2.11. The average Bonchev–Trinajstić information content (AvgIpc) is 2.80. The van der Waals surface area contributed by atoms with Gasteiger partial charge in [0.05, 0.1) is 6.04 Å². The second kappa shape index (κ2) is 4.24. The van der Waals surface area contributed by atoms with Crippen molar-refractivity contribution in [2.45, 2.75) is 38.6 Å². The monoisotopic (exact) mass is 169 g/mol. The number of rotatable bonds is 6. The second-order valence-electron chi connectivity index (χ2n) is 3.47. The maximum Gasteiger partial charge on any atom is 0.207 e. The summed E-state index contributed by atoms with van der Waals surface area (Å²) in [6.07, 6.45) is 5.08. The standard InChI is InChI=1S/C9H15NO2/c1-7(12)9(10-6-11)5-4-8-2-3-8/h6,8-9H,2-5H2,1H3,(H,10,11). The third-order valence-electron chi connectivity index (χ3n) is 2.32. The van der Waals surface area contributed by atoms with Gasteiger partial charge in [0.25, 0.3) is 0 Å². The Labute approximate surface area is 72.5 Å². The van der Waals surface area contributed by atoms with Crippen molar-refractivity contribution < 1.29 is 9.59 Å². The van der Waals surface area contributed by atoms with Gasteiger partial charge < -0.3 is 5.32 Å². The molecule has 0 aliphatic heterocycles. The molecule has 1 rings (SSSR count). The maximum atomic E-state index is 10.9. The molecule has 0 radical (unpaired) electrons. The Hall–Kier alpha value is -0.860. The molecule has 0 heterocycles. The molecule has 1 aliphatic carbocycles. The van der Waals surface area contributed by atoms with E-state index in [1.54, 1.807) is 0 Å². The van der Waals surface area contributed by atoms with Crippen LogP contribution in [0.4, 0.5) is 0 Å². The summed E-state index contributed by atoms with van der Waals surface area (Å²) in [5.41, 5.74) is 0. The van der Waals surface area contributed by atoms with Crippen LogP contribution in [-0.2, 0) is 9.59 Å². The number of hydrogen-bond acceptors (Lipinski definition) is 2. The van der Waals surface area contributed by atoms with Gasteiger partial charge in [-0.25, -0.2) is 0 Å². The number of Topliss-reactive ketones (excluding diaryl/α,β-unsaturated/α-hetero) is 1. The molecule has 0 bridgehead atoms. The number of carbonyl (C=O) groups excluding carboxylic acids is 2. The molecule has 0 spiro atoms. The topological polar surface area (TPSA) is 46.2 Å². The Morgan fingerprint density at radius 2 is 2.33 bits per heavy atom. The van der Waals surface area contributed by atoms with Gasteiger partial charge in [-0.05, 0) is 25.7 Å². The molecule has 0 aromatic carbocycles. The van der Waals surface area contributed by atoms with Crippen molar-refractivity contribution >= 4 is 12.2 Å². The Morgan fingerprint density at radius 3 is 2.75 bits per heavy atom. The maximum absolute atomic E-state index is 10.9. The first-order valence-corrected chi connectivity index (χ1v) is 4.44. The van der Waals surface area contributed by atoms with Gasteiger partial charge in [-0.3, -0.25) is 9.59 Å². The van der Waals surface area contributed by atoms with Gasteiger partial charge in [0.1, 0.15) is 0 Å². The zero-order valence-electron chi connectivity index (χ0n) is 7.38. The number of ketones is 1. The van der Waals surface area contributed by atoms with Crippen molar-refractivity contribution in [3.8, 4) is 0 Å². The summed E-state index contributed by atoms with van der Waals surface area (Å²) < 4.78 is 0. The third kappa shape index (κ3) is 3.03. The molecular weight excluding hydrogens is 154 g/mol. The fourth-order valence-electron chi connectivity index (χ4n) is 1.29. The van der Waals surface area contributed by atoms with Crippen LogP contribution in [0.2, 0.25) is 0 Å². The molecule has 3 nitrogen and oxygen atoms in total. The van der Waals surface area contributed by atoms with Crippen molar-refractivity contribution in [3.05, 3.63) is 0 Å². The first-order valence-electron chi connectivity index (χ1n) is 4.44. The molecule has 3 heteroatoms. The first-order chi connectivity index (χ1) is 5.74. The molecular formula is C9H15NO2. The lowest BCUT2D eigenvalue weighted by molar-refractivity contribution is -0.122. The van der Waals surface area contributed by atoms with Crippen LogP contribution < -0.4 is 5.32 Å². The van der Waals surface area contributed by atoms with Crippen LogP contribution in [-0.4, -0.2) is 18.2 Å².